The summed E-state index contributed by atoms with van der Waals surface area (Å²) in [6.45, 7) is 0. The quantitative estimate of drug-likeness (QED) is 0.587. The lowest BCUT2D eigenvalue weighted by Gasteiger charge is -2.20. The van der Waals surface area contributed by atoms with Gasteiger partial charge in [0.2, 0.25) is 0 Å². The summed E-state index contributed by atoms with van der Waals surface area (Å²) in [5, 5.41) is 1.38. The lowest BCUT2D eigenvalue weighted by Crippen LogP contribution is -2.09. The van der Waals surface area contributed by atoms with Crippen LogP contribution in [0.5, 0.6) is 0 Å². The molecule has 1 fully saturated rings. The molecule has 1 aromatic rings. The predicted molar refractivity (Wildman–Crippen MR) is 77.9 cm³/mol. The van der Waals surface area contributed by atoms with Crippen molar-refractivity contribution >= 4 is 46.0 Å². The third-order valence-electron chi connectivity index (χ3n) is 2.75. The Morgan fingerprint density at radius 1 is 1.38 bits per heavy atom. The average Bonchev–Trinajstić information content (AvgIpc) is 2.32. The molecule has 0 aromatic carbocycles. The van der Waals surface area contributed by atoms with E-state index in [2.05, 4.69) is 32.6 Å². The SMILES string of the molecule is Clc1nc(CSC2CCCCC2)ncc1I. The molecule has 2 rings (SSSR count). The number of halogens is 2. The summed E-state index contributed by atoms with van der Waals surface area (Å²) in [6.07, 6.45) is 8.67. The first-order chi connectivity index (χ1) is 7.75. The van der Waals surface area contributed by atoms with Crippen LogP contribution in [0.25, 0.3) is 0 Å². The van der Waals surface area contributed by atoms with Crippen LogP contribution in [-0.2, 0) is 5.75 Å². The second-order valence-electron chi connectivity index (χ2n) is 4.00. The lowest BCUT2D eigenvalue weighted by molar-refractivity contribution is 0.516. The summed E-state index contributed by atoms with van der Waals surface area (Å²) in [4.78, 5) is 8.58. The van der Waals surface area contributed by atoms with E-state index in [4.69, 9.17) is 11.6 Å². The van der Waals surface area contributed by atoms with Crippen LogP contribution in [0.2, 0.25) is 5.15 Å². The fraction of sp³-hybridized carbons (Fsp3) is 0.636. The van der Waals surface area contributed by atoms with Crippen molar-refractivity contribution in [3.63, 3.8) is 0 Å². The summed E-state index contributed by atoms with van der Waals surface area (Å²) in [7, 11) is 0. The minimum Gasteiger partial charge on any atom is -0.239 e. The van der Waals surface area contributed by atoms with Crippen molar-refractivity contribution in [2.45, 2.75) is 43.1 Å². The monoisotopic (exact) mass is 368 g/mol. The van der Waals surface area contributed by atoms with E-state index in [0.717, 1.165) is 20.4 Å². The van der Waals surface area contributed by atoms with E-state index >= 15 is 0 Å². The van der Waals surface area contributed by atoms with Crippen LogP contribution in [0.3, 0.4) is 0 Å². The lowest BCUT2D eigenvalue weighted by atomic mass is 10.0. The molecule has 0 N–H and O–H groups in total. The molecule has 1 saturated carbocycles. The highest BCUT2D eigenvalue weighted by Crippen LogP contribution is 2.30. The van der Waals surface area contributed by atoms with Gasteiger partial charge < -0.3 is 0 Å². The largest absolute Gasteiger partial charge is 0.239 e. The maximum absolute atomic E-state index is 5.97. The Kier molecular flexibility index (Phi) is 5.16. The van der Waals surface area contributed by atoms with E-state index in [-0.39, 0.29) is 0 Å². The van der Waals surface area contributed by atoms with Crippen LogP contribution < -0.4 is 0 Å². The van der Waals surface area contributed by atoms with Crippen molar-refractivity contribution in [1.29, 1.82) is 0 Å². The summed E-state index contributed by atoms with van der Waals surface area (Å²) in [6, 6.07) is 0. The Bertz CT molecular complexity index is 356. The molecule has 0 atom stereocenters. The maximum atomic E-state index is 5.97. The van der Waals surface area contributed by atoms with Gasteiger partial charge in [-0.1, -0.05) is 30.9 Å². The molecule has 0 aliphatic heterocycles. The van der Waals surface area contributed by atoms with Crippen LogP contribution >= 0.6 is 46.0 Å². The molecule has 0 spiro atoms. The first-order valence-corrected chi connectivity index (χ1v) is 8.05. The second kappa shape index (κ2) is 6.40. The first kappa shape index (κ1) is 12.9. The van der Waals surface area contributed by atoms with Crippen molar-refractivity contribution in [3.05, 3.63) is 20.7 Å². The number of nitrogens with zero attached hydrogens (tertiary/aromatic N) is 2. The number of aromatic nitrogens is 2. The third kappa shape index (κ3) is 3.74. The highest BCUT2D eigenvalue weighted by atomic mass is 127. The predicted octanol–water partition coefficient (Wildman–Crippen LogP) is 4.30. The van der Waals surface area contributed by atoms with Crippen LogP contribution in [0.4, 0.5) is 0 Å². The average molecular weight is 369 g/mol. The summed E-state index contributed by atoms with van der Waals surface area (Å²) in [5.74, 6) is 1.75. The number of hydrogen-bond acceptors (Lipinski definition) is 3. The topological polar surface area (TPSA) is 25.8 Å². The van der Waals surface area contributed by atoms with Gasteiger partial charge in [0, 0.05) is 11.4 Å². The van der Waals surface area contributed by atoms with Crippen molar-refractivity contribution in [1.82, 2.24) is 9.97 Å². The van der Waals surface area contributed by atoms with E-state index in [1.165, 1.54) is 32.1 Å². The van der Waals surface area contributed by atoms with Gasteiger partial charge in [-0.3, -0.25) is 0 Å². The smallest absolute Gasteiger partial charge is 0.146 e. The van der Waals surface area contributed by atoms with E-state index in [9.17, 15) is 0 Å². The van der Waals surface area contributed by atoms with E-state index in [1.807, 2.05) is 11.8 Å². The van der Waals surface area contributed by atoms with Crippen LogP contribution in [0, 0.1) is 3.57 Å². The Morgan fingerprint density at radius 2 is 2.12 bits per heavy atom. The Labute approximate surface area is 119 Å². The Balaban J connectivity index is 1.86. The van der Waals surface area contributed by atoms with E-state index in [1.54, 1.807) is 6.20 Å². The Morgan fingerprint density at radius 3 is 2.81 bits per heavy atom. The van der Waals surface area contributed by atoms with Crippen molar-refractivity contribution in [2.75, 3.05) is 0 Å². The molecule has 1 aromatic heterocycles. The van der Waals surface area contributed by atoms with Gasteiger partial charge in [0.25, 0.3) is 0 Å². The van der Waals surface area contributed by atoms with Gasteiger partial charge in [0.15, 0.2) is 0 Å². The van der Waals surface area contributed by atoms with Gasteiger partial charge in [-0.05, 0) is 35.4 Å². The first-order valence-electron chi connectivity index (χ1n) is 5.54. The minimum atomic E-state index is 0.579. The second-order valence-corrected chi connectivity index (χ2v) is 6.80. The van der Waals surface area contributed by atoms with Crippen molar-refractivity contribution < 1.29 is 0 Å². The maximum Gasteiger partial charge on any atom is 0.146 e. The van der Waals surface area contributed by atoms with Crippen molar-refractivity contribution in [2.24, 2.45) is 0 Å². The molecule has 1 heterocycles. The fourth-order valence-corrected chi connectivity index (χ4v) is 3.47. The van der Waals surface area contributed by atoms with Gasteiger partial charge in [-0.15, -0.1) is 0 Å². The normalized spacial score (nSPS) is 17.6. The summed E-state index contributed by atoms with van der Waals surface area (Å²) < 4.78 is 0.922. The number of thioether (sulfide) groups is 1. The number of rotatable bonds is 3. The van der Waals surface area contributed by atoms with Crippen molar-refractivity contribution in [3.8, 4) is 0 Å². The molecule has 0 radical (unpaired) electrons. The molecule has 16 heavy (non-hydrogen) atoms. The zero-order valence-corrected chi connectivity index (χ0v) is 12.7. The zero-order chi connectivity index (χ0) is 11.4. The van der Waals surface area contributed by atoms with Gasteiger partial charge >= 0.3 is 0 Å². The van der Waals surface area contributed by atoms with Gasteiger partial charge in [-0.25, -0.2) is 9.97 Å². The molecule has 0 bridgehead atoms. The molecule has 5 heteroatoms. The van der Waals surface area contributed by atoms with Gasteiger partial charge in [0.05, 0.1) is 9.32 Å². The molecule has 0 unspecified atom stereocenters. The highest BCUT2D eigenvalue weighted by Gasteiger charge is 2.14. The van der Waals surface area contributed by atoms with Crippen LogP contribution in [-0.4, -0.2) is 15.2 Å². The molecular formula is C11H14ClIN2S. The summed E-state index contributed by atoms with van der Waals surface area (Å²) >= 11 is 10.1. The third-order valence-corrected chi connectivity index (χ3v) is 5.52. The minimum absolute atomic E-state index is 0.579. The molecule has 0 amide bonds. The van der Waals surface area contributed by atoms with E-state index < -0.39 is 0 Å². The zero-order valence-electron chi connectivity index (χ0n) is 8.96. The fourth-order valence-electron chi connectivity index (χ4n) is 1.87. The standard InChI is InChI=1S/C11H14ClIN2S/c12-11-9(13)6-14-10(15-11)7-16-8-4-2-1-3-5-8/h6,8H,1-5,7H2. The number of hydrogen-bond donors (Lipinski definition) is 0. The molecule has 2 nitrogen and oxygen atoms in total. The Hall–Kier alpha value is 0.450. The highest BCUT2D eigenvalue weighted by molar-refractivity contribution is 14.1. The molecule has 1 aliphatic carbocycles. The molecule has 0 saturated heterocycles. The molecular weight excluding hydrogens is 355 g/mol. The molecule has 88 valence electrons. The summed E-state index contributed by atoms with van der Waals surface area (Å²) in [5.41, 5.74) is 0. The molecule has 1 aliphatic rings. The van der Waals surface area contributed by atoms with Crippen LogP contribution in [0.1, 0.15) is 37.9 Å². The van der Waals surface area contributed by atoms with Gasteiger partial charge in [0.1, 0.15) is 11.0 Å². The van der Waals surface area contributed by atoms with E-state index in [0.29, 0.717) is 5.15 Å². The van der Waals surface area contributed by atoms with Gasteiger partial charge in [-0.2, -0.15) is 11.8 Å². The van der Waals surface area contributed by atoms with Crippen LogP contribution in [0.15, 0.2) is 6.20 Å².